The molecule has 3 nitrogen and oxygen atoms in total. The normalized spacial score (nSPS) is 29.3. The van der Waals surface area contributed by atoms with Crippen molar-refractivity contribution in [1.29, 1.82) is 0 Å². The molecule has 2 rings (SSSR count). The molecular weight excluding hydrogens is 194 g/mol. The van der Waals surface area contributed by atoms with Gasteiger partial charge in [0.15, 0.2) is 0 Å². The summed E-state index contributed by atoms with van der Waals surface area (Å²) >= 11 is 1.60. The molecule has 1 aromatic rings. The quantitative estimate of drug-likeness (QED) is 0.802. The molecule has 14 heavy (non-hydrogen) atoms. The number of aromatic nitrogens is 1. The standard InChI is InChI=1S/C10H17N3S/c1-8-6-13(5-3-10(8)11)7-9-2-4-12-14-9/h2,4,8,10H,3,5-7,11H2,1H3. The highest BCUT2D eigenvalue weighted by molar-refractivity contribution is 7.05. The fourth-order valence-electron chi connectivity index (χ4n) is 1.94. The lowest BCUT2D eigenvalue weighted by molar-refractivity contribution is 0.159. The Hall–Kier alpha value is -0.450. The first-order valence-electron chi connectivity index (χ1n) is 5.13. The number of nitrogens with two attached hydrogens (primary N) is 1. The van der Waals surface area contributed by atoms with Crippen LogP contribution in [0.3, 0.4) is 0 Å². The van der Waals surface area contributed by atoms with E-state index in [0.717, 1.165) is 26.1 Å². The highest BCUT2D eigenvalue weighted by Gasteiger charge is 2.22. The number of hydrogen-bond donors (Lipinski definition) is 1. The van der Waals surface area contributed by atoms with Crippen molar-refractivity contribution >= 4 is 11.5 Å². The molecule has 0 saturated carbocycles. The molecular formula is C10H17N3S. The maximum Gasteiger partial charge on any atom is 0.0410 e. The number of hydrogen-bond acceptors (Lipinski definition) is 4. The van der Waals surface area contributed by atoms with Crippen molar-refractivity contribution in [3.05, 3.63) is 17.1 Å². The zero-order valence-corrected chi connectivity index (χ0v) is 9.33. The van der Waals surface area contributed by atoms with Crippen molar-refractivity contribution in [2.24, 2.45) is 11.7 Å². The SMILES string of the molecule is CC1CN(Cc2ccns2)CCC1N. The number of likely N-dealkylation sites (tertiary alicyclic amines) is 1. The lowest BCUT2D eigenvalue weighted by Gasteiger charge is -2.34. The highest BCUT2D eigenvalue weighted by Crippen LogP contribution is 2.18. The van der Waals surface area contributed by atoms with Crippen LogP contribution >= 0.6 is 11.5 Å². The topological polar surface area (TPSA) is 42.2 Å². The number of nitrogens with zero attached hydrogens (tertiary/aromatic N) is 2. The minimum atomic E-state index is 0.396. The van der Waals surface area contributed by atoms with E-state index < -0.39 is 0 Å². The third-order valence-electron chi connectivity index (χ3n) is 2.93. The molecule has 2 atom stereocenters. The summed E-state index contributed by atoms with van der Waals surface area (Å²) in [6.45, 7) is 5.54. The third kappa shape index (κ3) is 2.32. The number of piperidine rings is 1. The molecule has 78 valence electrons. The summed E-state index contributed by atoms with van der Waals surface area (Å²) in [6.07, 6.45) is 3.00. The molecule has 0 bridgehead atoms. The van der Waals surface area contributed by atoms with Crippen molar-refractivity contribution in [2.45, 2.75) is 25.9 Å². The second-order valence-corrected chi connectivity index (χ2v) is 5.06. The first kappa shape index (κ1) is 10.1. The van der Waals surface area contributed by atoms with Gasteiger partial charge in [-0.05, 0) is 29.9 Å². The van der Waals surface area contributed by atoms with Gasteiger partial charge in [-0.3, -0.25) is 4.90 Å². The van der Waals surface area contributed by atoms with Crippen LogP contribution in [0, 0.1) is 5.92 Å². The Labute approximate surface area is 89.1 Å². The van der Waals surface area contributed by atoms with Gasteiger partial charge in [0.05, 0.1) is 0 Å². The van der Waals surface area contributed by atoms with Gasteiger partial charge < -0.3 is 5.73 Å². The molecule has 0 spiro atoms. The second kappa shape index (κ2) is 4.38. The van der Waals surface area contributed by atoms with Gasteiger partial charge in [0, 0.05) is 36.8 Å². The first-order valence-corrected chi connectivity index (χ1v) is 5.90. The van der Waals surface area contributed by atoms with Crippen LogP contribution < -0.4 is 5.73 Å². The van der Waals surface area contributed by atoms with Crippen LogP contribution in [-0.4, -0.2) is 28.4 Å². The largest absolute Gasteiger partial charge is 0.327 e. The third-order valence-corrected chi connectivity index (χ3v) is 3.65. The van der Waals surface area contributed by atoms with Crippen LogP contribution in [0.15, 0.2) is 12.3 Å². The monoisotopic (exact) mass is 211 g/mol. The number of rotatable bonds is 2. The van der Waals surface area contributed by atoms with Gasteiger partial charge in [0.1, 0.15) is 0 Å². The Kier molecular flexibility index (Phi) is 3.15. The summed E-state index contributed by atoms with van der Waals surface area (Å²) in [6, 6.07) is 2.50. The smallest absolute Gasteiger partial charge is 0.0410 e. The molecule has 1 saturated heterocycles. The molecule has 1 fully saturated rings. The zero-order valence-electron chi connectivity index (χ0n) is 8.52. The molecule has 2 unspecified atom stereocenters. The summed E-state index contributed by atoms with van der Waals surface area (Å²) in [5.74, 6) is 0.622. The maximum atomic E-state index is 5.98. The van der Waals surface area contributed by atoms with Crippen molar-refractivity contribution in [3.63, 3.8) is 0 Å². The van der Waals surface area contributed by atoms with E-state index in [2.05, 4.69) is 22.3 Å². The Balaban J connectivity index is 1.88. The van der Waals surface area contributed by atoms with Crippen LogP contribution in [0.1, 0.15) is 18.2 Å². The van der Waals surface area contributed by atoms with E-state index >= 15 is 0 Å². The second-order valence-electron chi connectivity index (χ2n) is 4.14. The predicted octanol–water partition coefficient (Wildman–Crippen LogP) is 1.31. The molecule has 1 aliphatic heterocycles. The molecule has 1 aromatic heterocycles. The van der Waals surface area contributed by atoms with Crippen LogP contribution in [0.2, 0.25) is 0 Å². The first-order chi connectivity index (χ1) is 6.75. The molecule has 0 amide bonds. The average Bonchev–Trinajstić information content (AvgIpc) is 2.64. The lowest BCUT2D eigenvalue weighted by Crippen LogP contribution is -2.45. The Morgan fingerprint density at radius 1 is 1.71 bits per heavy atom. The molecule has 2 N–H and O–H groups in total. The van der Waals surface area contributed by atoms with E-state index in [-0.39, 0.29) is 0 Å². The summed E-state index contributed by atoms with van der Waals surface area (Å²) in [4.78, 5) is 3.83. The van der Waals surface area contributed by atoms with E-state index in [4.69, 9.17) is 5.73 Å². The maximum absolute atomic E-state index is 5.98. The summed E-state index contributed by atoms with van der Waals surface area (Å²) in [5.41, 5.74) is 5.98. The molecule has 0 aliphatic carbocycles. The molecule has 2 heterocycles. The zero-order chi connectivity index (χ0) is 9.97. The Morgan fingerprint density at radius 2 is 2.57 bits per heavy atom. The van der Waals surface area contributed by atoms with Crippen LogP contribution in [-0.2, 0) is 6.54 Å². The fraction of sp³-hybridized carbons (Fsp3) is 0.700. The van der Waals surface area contributed by atoms with E-state index in [0.29, 0.717) is 12.0 Å². The summed E-state index contributed by atoms with van der Waals surface area (Å²) < 4.78 is 4.11. The van der Waals surface area contributed by atoms with Gasteiger partial charge in [0.2, 0.25) is 0 Å². The van der Waals surface area contributed by atoms with Gasteiger partial charge >= 0.3 is 0 Å². The molecule has 0 radical (unpaired) electrons. The molecule has 0 aromatic carbocycles. The van der Waals surface area contributed by atoms with Crippen molar-refractivity contribution in [3.8, 4) is 0 Å². The van der Waals surface area contributed by atoms with Gasteiger partial charge in [-0.25, -0.2) is 4.37 Å². The van der Waals surface area contributed by atoms with E-state index in [9.17, 15) is 0 Å². The van der Waals surface area contributed by atoms with Gasteiger partial charge in [-0.1, -0.05) is 6.92 Å². The molecule has 1 aliphatic rings. The average molecular weight is 211 g/mol. The van der Waals surface area contributed by atoms with Crippen LogP contribution in [0.25, 0.3) is 0 Å². The summed E-state index contributed by atoms with van der Waals surface area (Å²) in [5, 5.41) is 0. The van der Waals surface area contributed by atoms with Crippen molar-refractivity contribution in [2.75, 3.05) is 13.1 Å². The fourth-order valence-corrected chi connectivity index (χ4v) is 2.56. The minimum Gasteiger partial charge on any atom is -0.327 e. The van der Waals surface area contributed by atoms with Gasteiger partial charge in [0.25, 0.3) is 0 Å². The minimum absolute atomic E-state index is 0.396. The van der Waals surface area contributed by atoms with Crippen molar-refractivity contribution in [1.82, 2.24) is 9.27 Å². The Morgan fingerprint density at radius 3 is 3.21 bits per heavy atom. The van der Waals surface area contributed by atoms with Crippen molar-refractivity contribution < 1.29 is 0 Å². The van der Waals surface area contributed by atoms with E-state index in [1.807, 2.05) is 6.20 Å². The summed E-state index contributed by atoms with van der Waals surface area (Å²) in [7, 11) is 0. The lowest BCUT2D eigenvalue weighted by atomic mass is 9.95. The van der Waals surface area contributed by atoms with Gasteiger partial charge in [-0.15, -0.1) is 0 Å². The van der Waals surface area contributed by atoms with Gasteiger partial charge in [-0.2, -0.15) is 0 Å². The molecule has 4 heteroatoms. The van der Waals surface area contributed by atoms with Crippen LogP contribution in [0.5, 0.6) is 0 Å². The van der Waals surface area contributed by atoms with Crippen LogP contribution in [0.4, 0.5) is 0 Å². The van der Waals surface area contributed by atoms with E-state index in [1.54, 1.807) is 11.5 Å². The van der Waals surface area contributed by atoms with E-state index in [1.165, 1.54) is 4.88 Å². The Bertz CT molecular complexity index is 273. The predicted molar refractivity (Wildman–Crippen MR) is 59.1 cm³/mol. The highest BCUT2D eigenvalue weighted by atomic mass is 32.1.